The molecule has 2 aliphatic rings. The third-order valence-electron chi connectivity index (χ3n) is 8.02. The molecule has 6 aromatic rings. The molecular formula is C35H22. The molecule has 8 rings (SSSR count). The van der Waals surface area contributed by atoms with Gasteiger partial charge >= 0.3 is 0 Å². The maximum Gasteiger partial charge on any atom is 0.0653 e. The molecule has 0 aliphatic heterocycles. The Balaban J connectivity index is 1.52. The monoisotopic (exact) mass is 442 g/mol. The van der Waals surface area contributed by atoms with E-state index >= 15 is 0 Å². The van der Waals surface area contributed by atoms with Gasteiger partial charge in [-0.1, -0.05) is 109 Å². The van der Waals surface area contributed by atoms with Crippen LogP contribution in [0.5, 0.6) is 0 Å². The van der Waals surface area contributed by atoms with Gasteiger partial charge < -0.3 is 0 Å². The second-order valence-corrected chi connectivity index (χ2v) is 9.76. The topological polar surface area (TPSA) is 0 Å². The minimum Gasteiger partial charge on any atom is -0.0645 e. The van der Waals surface area contributed by atoms with Gasteiger partial charge in [-0.15, -0.1) is 0 Å². The van der Waals surface area contributed by atoms with Gasteiger partial charge in [0.2, 0.25) is 0 Å². The van der Waals surface area contributed by atoms with E-state index in [4.69, 9.17) is 0 Å². The summed E-state index contributed by atoms with van der Waals surface area (Å²) in [6.07, 6.45) is 4.79. The Kier molecular flexibility index (Phi) is 3.68. The van der Waals surface area contributed by atoms with E-state index in [1.807, 2.05) is 0 Å². The predicted molar refractivity (Wildman–Crippen MR) is 148 cm³/mol. The van der Waals surface area contributed by atoms with Crippen LogP contribution in [0.3, 0.4) is 0 Å². The molecule has 0 atom stereocenters. The summed E-state index contributed by atoms with van der Waals surface area (Å²) in [7, 11) is 0. The lowest BCUT2D eigenvalue weighted by Gasteiger charge is -2.33. The van der Waals surface area contributed by atoms with Crippen molar-refractivity contribution >= 4 is 27.6 Å². The van der Waals surface area contributed by atoms with Crippen molar-refractivity contribution in [3.8, 4) is 22.3 Å². The molecule has 0 heterocycles. The SMILES string of the molecule is C1=CC2(c3cc4cc5ccccc5cc4cc31)c1ccccc1-c1ccccc1-c1ccccc12. The van der Waals surface area contributed by atoms with Crippen LogP contribution in [-0.2, 0) is 5.41 Å². The van der Waals surface area contributed by atoms with E-state index in [2.05, 4.69) is 133 Å². The summed E-state index contributed by atoms with van der Waals surface area (Å²) >= 11 is 0. The van der Waals surface area contributed by atoms with Crippen LogP contribution in [0.4, 0.5) is 0 Å². The Morgan fingerprint density at radius 3 is 1.46 bits per heavy atom. The number of rotatable bonds is 0. The summed E-state index contributed by atoms with van der Waals surface area (Å²) in [5.74, 6) is 0. The molecule has 0 radical (unpaired) electrons. The Morgan fingerprint density at radius 2 is 0.857 bits per heavy atom. The van der Waals surface area contributed by atoms with Gasteiger partial charge in [-0.25, -0.2) is 0 Å². The van der Waals surface area contributed by atoms with Crippen LogP contribution in [0.25, 0.3) is 49.9 Å². The highest BCUT2D eigenvalue weighted by atomic mass is 14.4. The second-order valence-electron chi connectivity index (χ2n) is 9.76. The summed E-state index contributed by atoms with van der Waals surface area (Å²) in [4.78, 5) is 0. The van der Waals surface area contributed by atoms with Crippen molar-refractivity contribution in [2.45, 2.75) is 5.41 Å². The van der Waals surface area contributed by atoms with Crippen molar-refractivity contribution in [1.82, 2.24) is 0 Å². The Bertz CT molecular complexity index is 1780. The largest absolute Gasteiger partial charge is 0.0653 e. The zero-order valence-corrected chi connectivity index (χ0v) is 19.2. The maximum absolute atomic E-state index is 2.45. The molecule has 0 unspecified atom stereocenters. The minimum atomic E-state index is -0.332. The molecule has 0 fully saturated rings. The molecule has 162 valence electrons. The van der Waals surface area contributed by atoms with E-state index < -0.39 is 0 Å². The van der Waals surface area contributed by atoms with Crippen molar-refractivity contribution in [2.24, 2.45) is 0 Å². The number of hydrogen-bond donors (Lipinski definition) is 0. The van der Waals surface area contributed by atoms with Crippen molar-refractivity contribution in [1.29, 1.82) is 0 Å². The van der Waals surface area contributed by atoms with Gasteiger partial charge in [-0.2, -0.15) is 0 Å². The molecule has 0 nitrogen and oxygen atoms in total. The molecule has 0 bridgehead atoms. The summed E-state index contributed by atoms with van der Waals surface area (Å²) in [6, 6.07) is 45.0. The molecule has 6 aromatic carbocycles. The Hall–Kier alpha value is -4.42. The van der Waals surface area contributed by atoms with Gasteiger partial charge in [0.25, 0.3) is 0 Å². The van der Waals surface area contributed by atoms with Crippen LogP contribution in [0.1, 0.15) is 22.3 Å². The smallest absolute Gasteiger partial charge is 0.0645 e. The van der Waals surface area contributed by atoms with Crippen LogP contribution < -0.4 is 0 Å². The van der Waals surface area contributed by atoms with Gasteiger partial charge in [-0.3, -0.25) is 0 Å². The van der Waals surface area contributed by atoms with Crippen LogP contribution in [-0.4, -0.2) is 0 Å². The Morgan fingerprint density at radius 1 is 0.371 bits per heavy atom. The lowest BCUT2D eigenvalue weighted by atomic mass is 9.69. The van der Waals surface area contributed by atoms with Crippen LogP contribution >= 0.6 is 0 Å². The average molecular weight is 443 g/mol. The minimum absolute atomic E-state index is 0.332. The molecule has 0 amide bonds. The molecule has 0 aromatic heterocycles. The second kappa shape index (κ2) is 6.81. The summed E-state index contributed by atoms with van der Waals surface area (Å²) in [5.41, 5.74) is 10.3. The molecule has 0 N–H and O–H groups in total. The highest BCUT2D eigenvalue weighted by Gasteiger charge is 2.43. The van der Waals surface area contributed by atoms with Gasteiger partial charge in [0, 0.05) is 0 Å². The van der Waals surface area contributed by atoms with Gasteiger partial charge in [0.15, 0.2) is 0 Å². The van der Waals surface area contributed by atoms with Gasteiger partial charge in [-0.05, 0) is 90.3 Å². The highest BCUT2D eigenvalue weighted by Crippen LogP contribution is 2.55. The fraction of sp³-hybridized carbons (Fsp3) is 0.0286. The summed E-state index contributed by atoms with van der Waals surface area (Å²) < 4.78 is 0. The van der Waals surface area contributed by atoms with Crippen LogP contribution in [0.2, 0.25) is 0 Å². The molecule has 0 heteroatoms. The first-order chi connectivity index (χ1) is 17.3. The third-order valence-corrected chi connectivity index (χ3v) is 8.02. The number of hydrogen-bond acceptors (Lipinski definition) is 0. The number of allylic oxidation sites excluding steroid dienone is 1. The third kappa shape index (κ3) is 2.46. The summed E-state index contributed by atoms with van der Waals surface area (Å²) in [6.45, 7) is 0. The standard InChI is InChI=1S/C35H22/c1-2-10-24-20-27-22-34-25(21-26(27)19-23(24)9-1)17-18-35(34)32-15-7-5-13-30(32)28-11-3-4-12-29(28)31-14-6-8-16-33(31)35/h1-22H. The lowest BCUT2D eigenvalue weighted by molar-refractivity contribution is 0.803. The van der Waals surface area contributed by atoms with E-state index in [1.54, 1.807) is 0 Å². The first-order valence-electron chi connectivity index (χ1n) is 12.3. The van der Waals surface area contributed by atoms with Crippen molar-refractivity contribution in [3.05, 3.63) is 150 Å². The van der Waals surface area contributed by atoms with E-state index in [0.29, 0.717) is 0 Å². The van der Waals surface area contributed by atoms with E-state index in [0.717, 1.165) is 0 Å². The first kappa shape index (κ1) is 18.9. The van der Waals surface area contributed by atoms with Crippen LogP contribution in [0, 0.1) is 0 Å². The maximum atomic E-state index is 2.45. The molecule has 0 saturated carbocycles. The zero-order chi connectivity index (χ0) is 23.0. The highest BCUT2D eigenvalue weighted by molar-refractivity contribution is 6.01. The molecular weight excluding hydrogens is 420 g/mol. The van der Waals surface area contributed by atoms with Crippen molar-refractivity contribution < 1.29 is 0 Å². The van der Waals surface area contributed by atoms with Crippen molar-refractivity contribution in [2.75, 3.05) is 0 Å². The van der Waals surface area contributed by atoms with Gasteiger partial charge in [0.1, 0.15) is 0 Å². The number of fused-ring (bicyclic) bond motifs is 11. The molecule has 35 heavy (non-hydrogen) atoms. The average Bonchev–Trinajstić information content (AvgIpc) is 3.24. The quantitative estimate of drug-likeness (QED) is 0.206. The fourth-order valence-electron chi connectivity index (χ4n) is 6.48. The lowest BCUT2D eigenvalue weighted by Crippen LogP contribution is -2.26. The first-order valence-corrected chi connectivity index (χ1v) is 12.3. The molecule has 2 aliphatic carbocycles. The normalized spacial score (nSPS) is 14.4. The zero-order valence-electron chi connectivity index (χ0n) is 19.2. The molecule has 0 saturated heterocycles. The van der Waals surface area contributed by atoms with Crippen molar-refractivity contribution in [3.63, 3.8) is 0 Å². The van der Waals surface area contributed by atoms with Crippen LogP contribution in [0.15, 0.2) is 127 Å². The summed E-state index contributed by atoms with van der Waals surface area (Å²) in [5, 5.41) is 5.16. The Labute approximate surface area is 204 Å². The van der Waals surface area contributed by atoms with E-state index in [1.165, 1.54) is 66.1 Å². The predicted octanol–water partition coefficient (Wildman–Crippen LogP) is 9.00. The van der Waals surface area contributed by atoms with E-state index in [9.17, 15) is 0 Å². The van der Waals surface area contributed by atoms with E-state index in [-0.39, 0.29) is 5.41 Å². The number of benzene rings is 6. The fourth-order valence-corrected chi connectivity index (χ4v) is 6.48. The van der Waals surface area contributed by atoms with Gasteiger partial charge in [0.05, 0.1) is 5.41 Å². The molecule has 1 spiro atoms.